The van der Waals surface area contributed by atoms with Crippen molar-refractivity contribution in [2.45, 2.75) is 25.7 Å². The third-order valence-corrected chi connectivity index (χ3v) is 5.18. The summed E-state index contributed by atoms with van der Waals surface area (Å²) in [6, 6.07) is 8.53. The van der Waals surface area contributed by atoms with Crippen LogP contribution in [-0.2, 0) is 14.8 Å². The van der Waals surface area contributed by atoms with Gasteiger partial charge in [-0.05, 0) is 25.0 Å². The predicted molar refractivity (Wildman–Crippen MR) is 87.6 cm³/mol. The number of para-hydroxylation sites is 1. The van der Waals surface area contributed by atoms with Crippen molar-refractivity contribution < 1.29 is 18.3 Å². The van der Waals surface area contributed by atoms with Crippen molar-refractivity contribution >= 4 is 26.9 Å². The van der Waals surface area contributed by atoms with Crippen LogP contribution in [0.15, 0.2) is 35.2 Å². The number of aliphatic carboxylic acids is 1. The van der Waals surface area contributed by atoms with Gasteiger partial charge in [-0.1, -0.05) is 32.0 Å². The van der Waals surface area contributed by atoms with E-state index in [0.29, 0.717) is 11.2 Å². The number of sulfonamides is 1. The first-order valence-electron chi connectivity index (χ1n) is 7.31. The van der Waals surface area contributed by atoms with E-state index in [0.717, 1.165) is 5.39 Å². The van der Waals surface area contributed by atoms with Crippen molar-refractivity contribution in [3.05, 3.63) is 36.0 Å². The number of nitrogens with one attached hydrogen (secondary N) is 1. The van der Waals surface area contributed by atoms with Gasteiger partial charge in [0.05, 0.1) is 11.4 Å². The van der Waals surface area contributed by atoms with E-state index >= 15 is 0 Å². The van der Waals surface area contributed by atoms with Crippen molar-refractivity contribution in [3.8, 4) is 0 Å². The van der Waals surface area contributed by atoms with Crippen molar-refractivity contribution in [3.63, 3.8) is 0 Å². The zero-order valence-electron chi connectivity index (χ0n) is 13.3. The molecular weight excluding hydrogens is 316 g/mol. The molecule has 1 aromatic carbocycles. The summed E-state index contributed by atoms with van der Waals surface area (Å²) < 4.78 is 27.5. The first kappa shape index (κ1) is 17.4. The van der Waals surface area contributed by atoms with Crippen molar-refractivity contribution in [1.29, 1.82) is 0 Å². The Hall–Kier alpha value is -1.99. The summed E-state index contributed by atoms with van der Waals surface area (Å²) in [5.41, 5.74) is 1.10. The normalized spacial score (nSPS) is 13.4. The molecule has 7 heteroatoms. The molecule has 0 aliphatic rings. The Morgan fingerprint density at radius 1 is 1.26 bits per heavy atom. The van der Waals surface area contributed by atoms with E-state index in [1.807, 2.05) is 12.1 Å². The first-order valence-corrected chi connectivity index (χ1v) is 8.79. The molecule has 0 saturated carbocycles. The van der Waals surface area contributed by atoms with Crippen LogP contribution in [0.25, 0.3) is 10.9 Å². The molecule has 2 N–H and O–H groups in total. The molecule has 1 heterocycles. The average molecular weight is 336 g/mol. The van der Waals surface area contributed by atoms with Crippen molar-refractivity contribution in [2.24, 2.45) is 11.8 Å². The number of fused-ring (bicyclic) bond motifs is 1. The van der Waals surface area contributed by atoms with Gasteiger partial charge in [0.15, 0.2) is 0 Å². The zero-order chi connectivity index (χ0) is 17.2. The van der Waals surface area contributed by atoms with Crippen LogP contribution in [0, 0.1) is 18.8 Å². The number of pyridine rings is 1. The van der Waals surface area contributed by atoms with Gasteiger partial charge in [-0.15, -0.1) is 0 Å². The minimum Gasteiger partial charge on any atom is -0.481 e. The molecule has 23 heavy (non-hydrogen) atoms. The fourth-order valence-corrected chi connectivity index (χ4v) is 3.55. The first-order chi connectivity index (χ1) is 10.7. The third-order valence-electron chi connectivity index (χ3n) is 3.73. The van der Waals surface area contributed by atoms with E-state index in [4.69, 9.17) is 0 Å². The molecule has 0 saturated heterocycles. The lowest BCUT2D eigenvalue weighted by Gasteiger charge is -2.17. The molecule has 0 radical (unpaired) electrons. The maximum atomic E-state index is 12.6. The number of hydrogen-bond donors (Lipinski definition) is 2. The summed E-state index contributed by atoms with van der Waals surface area (Å²) in [5.74, 6) is -1.98. The Morgan fingerprint density at radius 3 is 2.57 bits per heavy atom. The molecule has 0 aliphatic heterocycles. The lowest BCUT2D eigenvalue weighted by atomic mass is 9.97. The molecule has 0 aliphatic carbocycles. The van der Waals surface area contributed by atoms with Gasteiger partial charge in [0, 0.05) is 17.6 Å². The molecular formula is C16H20N2O4S. The Bertz CT molecular complexity index is 831. The van der Waals surface area contributed by atoms with Crippen LogP contribution >= 0.6 is 0 Å². The molecule has 0 fully saturated rings. The van der Waals surface area contributed by atoms with Gasteiger partial charge in [0.25, 0.3) is 0 Å². The lowest BCUT2D eigenvalue weighted by molar-refractivity contribution is -0.142. The van der Waals surface area contributed by atoms with E-state index in [-0.39, 0.29) is 17.4 Å². The number of rotatable bonds is 6. The summed E-state index contributed by atoms with van der Waals surface area (Å²) in [5, 5.41) is 9.89. The van der Waals surface area contributed by atoms with Crippen LogP contribution in [0.4, 0.5) is 0 Å². The van der Waals surface area contributed by atoms with Gasteiger partial charge in [-0.25, -0.2) is 13.1 Å². The summed E-state index contributed by atoms with van der Waals surface area (Å²) in [7, 11) is -3.84. The highest BCUT2D eigenvalue weighted by Gasteiger charge is 2.25. The molecule has 1 aromatic heterocycles. The number of aryl methyl sites for hydroxylation is 1. The highest BCUT2D eigenvalue weighted by atomic mass is 32.2. The van der Waals surface area contributed by atoms with Gasteiger partial charge in [0.1, 0.15) is 4.90 Å². The molecule has 1 atom stereocenters. The summed E-state index contributed by atoms with van der Waals surface area (Å²) in [6.07, 6.45) is 0. The molecule has 6 nitrogen and oxygen atoms in total. The minimum absolute atomic E-state index is 0.0617. The van der Waals surface area contributed by atoms with Crippen molar-refractivity contribution in [1.82, 2.24) is 9.71 Å². The van der Waals surface area contributed by atoms with E-state index in [9.17, 15) is 18.3 Å². The lowest BCUT2D eigenvalue weighted by Crippen LogP contribution is -2.35. The number of aromatic nitrogens is 1. The van der Waals surface area contributed by atoms with Crippen LogP contribution in [0.3, 0.4) is 0 Å². The second-order valence-corrected chi connectivity index (χ2v) is 7.56. The second-order valence-electron chi connectivity index (χ2n) is 5.82. The molecule has 0 amide bonds. The predicted octanol–water partition coefficient (Wildman–Crippen LogP) is 2.18. The number of carboxylic acid groups (broad SMARTS) is 1. The Labute approximate surface area is 135 Å². The molecule has 2 rings (SSSR count). The molecule has 0 bridgehead atoms. The van der Waals surface area contributed by atoms with Gasteiger partial charge in [-0.3, -0.25) is 9.78 Å². The highest BCUT2D eigenvalue weighted by Crippen LogP contribution is 2.22. The second kappa shape index (κ2) is 6.64. The number of carboxylic acids is 1. The monoisotopic (exact) mass is 336 g/mol. The fraction of sp³-hybridized carbons (Fsp3) is 0.375. The van der Waals surface area contributed by atoms with Crippen LogP contribution in [0.1, 0.15) is 19.5 Å². The summed E-state index contributed by atoms with van der Waals surface area (Å²) in [4.78, 5) is 15.6. The van der Waals surface area contributed by atoms with Gasteiger partial charge in [0.2, 0.25) is 10.0 Å². The molecule has 124 valence electrons. The fourth-order valence-electron chi connectivity index (χ4n) is 2.32. The Kier molecular flexibility index (Phi) is 5.01. The third kappa shape index (κ3) is 3.86. The van der Waals surface area contributed by atoms with E-state index < -0.39 is 21.9 Å². The van der Waals surface area contributed by atoms with Gasteiger partial charge < -0.3 is 5.11 Å². The summed E-state index contributed by atoms with van der Waals surface area (Å²) >= 11 is 0. The maximum absolute atomic E-state index is 12.6. The number of hydrogen-bond acceptors (Lipinski definition) is 4. The molecule has 0 spiro atoms. The van der Waals surface area contributed by atoms with Crippen LogP contribution in [-0.4, -0.2) is 31.0 Å². The Morgan fingerprint density at radius 2 is 1.96 bits per heavy atom. The van der Waals surface area contributed by atoms with Crippen molar-refractivity contribution in [2.75, 3.05) is 6.54 Å². The topological polar surface area (TPSA) is 96.4 Å². The van der Waals surface area contributed by atoms with Crippen LogP contribution in [0.5, 0.6) is 0 Å². The number of benzene rings is 1. The van der Waals surface area contributed by atoms with Crippen LogP contribution in [0.2, 0.25) is 0 Å². The van der Waals surface area contributed by atoms with Gasteiger partial charge in [-0.2, -0.15) is 0 Å². The quantitative estimate of drug-likeness (QED) is 0.843. The smallest absolute Gasteiger partial charge is 0.308 e. The average Bonchev–Trinajstić information content (AvgIpc) is 2.45. The standard InChI is InChI=1S/C16H20N2O4S/c1-10(2)13(16(19)20)9-17-23(21,22)14-6-4-5-12-8-7-11(3)18-15(12)14/h4-8,10,13,17H,9H2,1-3H3,(H,19,20). The summed E-state index contributed by atoms with van der Waals surface area (Å²) in [6.45, 7) is 5.12. The SMILES string of the molecule is Cc1ccc2cccc(S(=O)(=O)NCC(C(=O)O)C(C)C)c2n1. The molecule has 2 aromatic rings. The van der Waals surface area contributed by atoms with E-state index in [2.05, 4.69) is 9.71 Å². The zero-order valence-corrected chi connectivity index (χ0v) is 14.1. The maximum Gasteiger partial charge on any atom is 0.308 e. The molecule has 1 unspecified atom stereocenters. The minimum atomic E-state index is -3.84. The van der Waals surface area contributed by atoms with E-state index in [1.165, 1.54) is 6.07 Å². The Balaban J connectivity index is 2.37. The van der Waals surface area contributed by atoms with Crippen LogP contribution < -0.4 is 4.72 Å². The van der Waals surface area contributed by atoms with Gasteiger partial charge >= 0.3 is 5.97 Å². The number of nitrogens with zero attached hydrogens (tertiary/aromatic N) is 1. The van der Waals surface area contributed by atoms with E-state index in [1.54, 1.807) is 32.9 Å². The number of carbonyl (C=O) groups is 1. The largest absolute Gasteiger partial charge is 0.481 e. The highest BCUT2D eigenvalue weighted by molar-refractivity contribution is 7.89.